The second-order valence-corrected chi connectivity index (χ2v) is 13.7. The molecule has 10 rings (SSSR count). The van der Waals surface area contributed by atoms with Gasteiger partial charge in [0, 0.05) is 17.1 Å². The lowest BCUT2D eigenvalue weighted by molar-refractivity contribution is 1.29. The van der Waals surface area contributed by atoms with Crippen molar-refractivity contribution >= 4 is 60.2 Å². The van der Waals surface area contributed by atoms with Crippen LogP contribution in [0.5, 0.6) is 0 Å². The van der Waals surface area contributed by atoms with Crippen LogP contribution in [-0.2, 0) is 0 Å². The Morgan fingerprint density at radius 2 is 0.755 bits per heavy atom. The average molecular weight is 674 g/mol. The summed E-state index contributed by atoms with van der Waals surface area (Å²) in [6.45, 7) is 0. The third-order valence-corrected chi connectivity index (χ3v) is 10.6. The van der Waals surface area contributed by atoms with Gasteiger partial charge in [-0.3, -0.25) is 0 Å². The fraction of sp³-hybridized carbons (Fsp3) is 0. The Morgan fingerprint density at radius 3 is 1.53 bits per heavy atom. The summed E-state index contributed by atoms with van der Waals surface area (Å²) < 4.78 is 0. The molecule has 0 spiro atoms. The molecule has 0 bridgehead atoms. The van der Waals surface area contributed by atoms with Crippen LogP contribution in [0.2, 0.25) is 0 Å². The maximum atomic E-state index is 2.42. The summed E-state index contributed by atoms with van der Waals surface area (Å²) in [5, 5.41) is 9.91. The van der Waals surface area contributed by atoms with Crippen molar-refractivity contribution in [2.75, 3.05) is 4.90 Å². The van der Waals surface area contributed by atoms with Gasteiger partial charge in [0.05, 0.1) is 0 Å². The highest BCUT2D eigenvalue weighted by Gasteiger charge is 2.21. The number of rotatable bonds is 6. The van der Waals surface area contributed by atoms with Gasteiger partial charge in [0.2, 0.25) is 0 Å². The van der Waals surface area contributed by atoms with Gasteiger partial charge in [-0.1, -0.05) is 176 Å². The first kappa shape index (κ1) is 30.8. The molecule has 0 aliphatic heterocycles. The second-order valence-electron chi connectivity index (χ2n) is 13.7. The summed E-state index contributed by atoms with van der Waals surface area (Å²) in [6, 6.07) is 77.3. The Morgan fingerprint density at radius 1 is 0.245 bits per heavy atom. The van der Waals surface area contributed by atoms with E-state index in [4.69, 9.17) is 0 Å². The number of benzene rings is 10. The predicted octanol–water partition coefficient (Wildman–Crippen LogP) is 14.8. The van der Waals surface area contributed by atoms with Crippen molar-refractivity contribution in [3.8, 4) is 33.4 Å². The first-order valence-corrected chi connectivity index (χ1v) is 18.3. The minimum absolute atomic E-state index is 1.11. The normalized spacial score (nSPS) is 11.4. The predicted molar refractivity (Wildman–Crippen MR) is 227 cm³/mol. The molecule has 0 radical (unpaired) electrons. The molecule has 0 aromatic heterocycles. The maximum absolute atomic E-state index is 2.42. The van der Waals surface area contributed by atoms with Crippen LogP contribution in [0.1, 0.15) is 0 Å². The Balaban J connectivity index is 1.27. The molecule has 0 unspecified atom stereocenters. The molecule has 0 amide bonds. The molecule has 0 heterocycles. The van der Waals surface area contributed by atoms with Crippen LogP contribution in [0.15, 0.2) is 212 Å². The minimum atomic E-state index is 1.11. The van der Waals surface area contributed by atoms with E-state index in [0.717, 1.165) is 17.1 Å². The number of hydrogen-bond donors (Lipinski definition) is 0. The van der Waals surface area contributed by atoms with E-state index < -0.39 is 0 Å². The van der Waals surface area contributed by atoms with Crippen LogP contribution in [0.25, 0.3) is 76.5 Å². The van der Waals surface area contributed by atoms with Gasteiger partial charge in [-0.2, -0.15) is 0 Å². The van der Waals surface area contributed by atoms with E-state index in [2.05, 4.69) is 217 Å². The zero-order valence-corrected chi connectivity index (χ0v) is 29.2. The second kappa shape index (κ2) is 13.0. The summed E-state index contributed by atoms with van der Waals surface area (Å²) in [5.74, 6) is 0. The highest BCUT2D eigenvalue weighted by molar-refractivity contribution is 6.22. The standard InChI is InChI=1S/C52H35N/c1-3-17-38(18-4-1)51-49-27-12-11-26-47(49)48-32-31-44(35-50(48)52(51)39-19-5-2-6-20-39)53(43-30-29-36-15-7-8-21-40(36)33-43)42-24-13-23-41(34-42)46-28-14-22-37-16-9-10-25-45(37)46/h1-35H. The van der Waals surface area contributed by atoms with Crippen LogP contribution < -0.4 is 4.90 Å². The van der Waals surface area contributed by atoms with Crippen molar-refractivity contribution in [3.63, 3.8) is 0 Å². The lowest BCUT2D eigenvalue weighted by Gasteiger charge is -2.28. The van der Waals surface area contributed by atoms with Crippen molar-refractivity contribution < 1.29 is 0 Å². The smallest absolute Gasteiger partial charge is 0.0468 e. The molecule has 10 aromatic carbocycles. The molecule has 0 atom stereocenters. The molecular weight excluding hydrogens is 639 g/mol. The van der Waals surface area contributed by atoms with E-state index in [1.54, 1.807) is 0 Å². The lowest BCUT2D eigenvalue weighted by atomic mass is 9.85. The summed E-state index contributed by atoms with van der Waals surface area (Å²) >= 11 is 0. The first-order chi connectivity index (χ1) is 26.3. The van der Waals surface area contributed by atoms with Gasteiger partial charge in [0.1, 0.15) is 0 Å². The van der Waals surface area contributed by atoms with E-state index in [1.807, 2.05) is 0 Å². The van der Waals surface area contributed by atoms with Crippen LogP contribution in [0.4, 0.5) is 17.1 Å². The van der Waals surface area contributed by atoms with E-state index in [0.29, 0.717) is 0 Å². The SMILES string of the molecule is c1ccc(-c2c(-c3ccccc3)c3cc(N(c4cccc(-c5cccc6ccccc56)c4)c4ccc5ccccc5c4)ccc3c3ccccc23)cc1. The highest BCUT2D eigenvalue weighted by Crippen LogP contribution is 2.47. The van der Waals surface area contributed by atoms with Crippen LogP contribution in [-0.4, -0.2) is 0 Å². The average Bonchev–Trinajstić information content (AvgIpc) is 3.23. The first-order valence-electron chi connectivity index (χ1n) is 18.3. The van der Waals surface area contributed by atoms with Gasteiger partial charge in [-0.25, -0.2) is 0 Å². The molecule has 248 valence electrons. The lowest BCUT2D eigenvalue weighted by Crippen LogP contribution is -2.10. The molecule has 0 aliphatic carbocycles. The molecule has 53 heavy (non-hydrogen) atoms. The highest BCUT2D eigenvalue weighted by atomic mass is 15.1. The van der Waals surface area contributed by atoms with Crippen LogP contribution >= 0.6 is 0 Å². The zero-order chi connectivity index (χ0) is 35.1. The molecule has 10 aromatic rings. The number of anilines is 3. The number of fused-ring (bicyclic) bond motifs is 5. The summed E-state index contributed by atoms with van der Waals surface area (Å²) in [5.41, 5.74) is 10.7. The molecule has 1 heteroatoms. The molecule has 1 nitrogen and oxygen atoms in total. The summed E-state index contributed by atoms with van der Waals surface area (Å²) in [4.78, 5) is 2.42. The van der Waals surface area contributed by atoms with Gasteiger partial charge < -0.3 is 4.90 Å². The Bertz CT molecular complexity index is 2940. The van der Waals surface area contributed by atoms with Gasteiger partial charge in [0.25, 0.3) is 0 Å². The molecule has 0 saturated heterocycles. The molecule has 0 saturated carbocycles. The number of hydrogen-bond acceptors (Lipinski definition) is 1. The fourth-order valence-corrected chi connectivity index (χ4v) is 8.18. The Hall–Kier alpha value is -6.96. The van der Waals surface area contributed by atoms with Crippen molar-refractivity contribution in [2.45, 2.75) is 0 Å². The number of nitrogens with zero attached hydrogens (tertiary/aromatic N) is 1. The van der Waals surface area contributed by atoms with Gasteiger partial charge >= 0.3 is 0 Å². The van der Waals surface area contributed by atoms with Crippen molar-refractivity contribution in [2.24, 2.45) is 0 Å². The Labute approximate surface area is 309 Å². The van der Waals surface area contributed by atoms with Crippen LogP contribution in [0, 0.1) is 0 Å². The van der Waals surface area contributed by atoms with E-state index in [9.17, 15) is 0 Å². The van der Waals surface area contributed by atoms with E-state index >= 15 is 0 Å². The fourth-order valence-electron chi connectivity index (χ4n) is 8.18. The Kier molecular flexibility index (Phi) is 7.55. The zero-order valence-electron chi connectivity index (χ0n) is 29.2. The van der Waals surface area contributed by atoms with Crippen LogP contribution in [0.3, 0.4) is 0 Å². The topological polar surface area (TPSA) is 3.24 Å². The van der Waals surface area contributed by atoms with Gasteiger partial charge in [-0.15, -0.1) is 0 Å². The summed E-state index contributed by atoms with van der Waals surface area (Å²) in [7, 11) is 0. The monoisotopic (exact) mass is 673 g/mol. The molecule has 0 N–H and O–H groups in total. The van der Waals surface area contributed by atoms with Gasteiger partial charge in [-0.05, 0) is 113 Å². The third-order valence-electron chi connectivity index (χ3n) is 10.6. The van der Waals surface area contributed by atoms with Crippen molar-refractivity contribution in [3.05, 3.63) is 212 Å². The van der Waals surface area contributed by atoms with Crippen molar-refractivity contribution in [1.29, 1.82) is 0 Å². The maximum Gasteiger partial charge on any atom is 0.0468 e. The quantitative estimate of drug-likeness (QED) is 0.159. The van der Waals surface area contributed by atoms with E-state index in [1.165, 1.54) is 76.5 Å². The third kappa shape index (κ3) is 5.42. The molecule has 0 aliphatic rings. The summed E-state index contributed by atoms with van der Waals surface area (Å²) in [6.07, 6.45) is 0. The molecule has 0 fully saturated rings. The van der Waals surface area contributed by atoms with Crippen molar-refractivity contribution in [1.82, 2.24) is 0 Å². The molecular formula is C52H35N. The largest absolute Gasteiger partial charge is 0.310 e. The van der Waals surface area contributed by atoms with Gasteiger partial charge in [0.15, 0.2) is 0 Å². The van der Waals surface area contributed by atoms with E-state index in [-0.39, 0.29) is 0 Å². The minimum Gasteiger partial charge on any atom is -0.310 e.